The van der Waals surface area contributed by atoms with Gasteiger partial charge >= 0.3 is 58.2 Å². The average molecular weight is 253 g/mol. The summed E-state index contributed by atoms with van der Waals surface area (Å²) in [7, 11) is 0. The zero-order valence-electron chi connectivity index (χ0n) is 8.70. The summed E-state index contributed by atoms with van der Waals surface area (Å²) in [5.41, 5.74) is 5.98. The molecular weight excluding hydrogens is 238 g/mol. The van der Waals surface area contributed by atoms with Crippen LogP contribution in [0.5, 0.6) is 0 Å². The quantitative estimate of drug-likeness (QED) is 0.291. The average Bonchev–Trinajstić information content (AvgIpc) is 2.13. The Hall–Kier alpha value is 0.515. The zero-order chi connectivity index (χ0) is 9.56. The van der Waals surface area contributed by atoms with Crippen LogP contribution >= 0.6 is 0 Å². The molecule has 0 saturated carbocycles. The fourth-order valence-corrected chi connectivity index (χ4v) is 0.628. The van der Waals surface area contributed by atoms with E-state index in [1.807, 2.05) is 20.8 Å². The number of nitrogens with zero attached hydrogens (tertiary/aromatic N) is 2. The fourth-order valence-electron chi connectivity index (χ4n) is 0.628. The van der Waals surface area contributed by atoms with Gasteiger partial charge in [0.1, 0.15) is 0 Å². The van der Waals surface area contributed by atoms with Crippen molar-refractivity contribution in [2.75, 3.05) is 0 Å². The first kappa shape index (κ1) is 16.0. The van der Waals surface area contributed by atoms with E-state index in [2.05, 4.69) is 11.2 Å². The van der Waals surface area contributed by atoms with Gasteiger partial charge in [0.15, 0.2) is 0 Å². The summed E-state index contributed by atoms with van der Waals surface area (Å²) in [6.45, 7) is 5.86. The van der Waals surface area contributed by atoms with Crippen molar-refractivity contribution in [3.05, 3.63) is 24.3 Å². The van der Waals surface area contributed by atoms with Gasteiger partial charge < -0.3 is 16.9 Å². The Bertz CT molecular complexity index is 220. The molecule has 5 heteroatoms. The van der Waals surface area contributed by atoms with Gasteiger partial charge in [0.05, 0.1) is 0 Å². The molecule has 1 aliphatic rings. The van der Waals surface area contributed by atoms with Crippen molar-refractivity contribution >= 4 is 5.71 Å². The van der Waals surface area contributed by atoms with Crippen molar-refractivity contribution in [3.8, 4) is 0 Å². The van der Waals surface area contributed by atoms with Gasteiger partial charge in [0, 0.05) is 11.9 Å². The van der Waals surface area contributed by atoms with Crippen LogP contribution in [0.4, 0.5) is 0 Å². The number of rotatable bonds is 0. The summed E-state index contributed by atoms with van der Waals surface area (Å²) in [5.74, 6) is 5.86. The largest absolute Gasteiger partial charge is 1.00 e. The third-order valence-electron chi connectivity index (χ3n) is 1.13. The predicted molar refractivity (Wildman–Crippen MR) is 50.6 cm³/mol. The summed E-state index contributed by atoms with van der Waals surface area (Å²) in [6, 6.07) is 0. The molecule has 0 aliphatic carbocycles. The molecule has 0 bridgehead atoms. The molecule has 1 aliphatic heterocycles. The minimum Gasteiger partial charge on any atom is -0.577 e. The number of hydrogen-bond donors (Lipinski definition) is 2. The first-order valence-corrected chi connectivity index (χ1v) is 3.85. The third-order valence-corrected chi connectivity index (χ3v) is 1.13. The SMILES string of the molecule is CC.CC1=NC(=[C-]N)N(N)C=C1.[Rb+]. The third kappa shape index (κ3) is 5.75. The van der Waals surface area contributed by atoms with Gasteiger partial charge in [-0.2, -0.15) is 0 Å². The Labute approximate surface area is 129 Å². The molecule has 1 rings (SSSR count). The number of hydrogen-bond acceptors (Lipinski definition) is 4. The molecule has 0 aromatic rings. The first-order valence-electron chi connectivity index (χ1n) is 3.85. The molecule has 0 amide bonds. The monoisotopic (exact) mass is 252 g/mol. The second-order valence-electron chi connectivity index (χ2n) is 1.94. The Kier molecular flexibility index (Phi) is 11.2. The van der Waals surface area contributed by atoms with Crippen LogP contribution in [0.3, 0.4) is 0 Å². The molecule has 68 valence electrons. The normalized spacial score (nSPS) is 17.1. The van der Waals surface area contributed by atoms with Gasteiger partial charge in [-0.3, -0.25) is 4.99 Å². The van der Waals surface area contributed by atoms with Crippen molar-refractivity contribution in [2.24, 2.45) is 16.6 Å². The molecule has 0 fully saturated rings. The smallest absolute Gasteiger partial charge is 0.577 e. The van der Waals surface area contributed by atoms with Crippen LogP contribution in [-0.4, -0.2) is 10.7 Å². The summed E-state index contributed by atoms with van der Waals surface area (Å²) < 4.78 is 0. The van der Waals surface area contributed by atoms with Gasteiger partial charge in [0.2, 0.25) is 0 Å². The van der Waals surface area contributed by atoms with Crippen LogP contribution in [0.25, 0.3) is 0 Å². The Morgan fingerprint density at radius 3 is 2.38 bits per heavy atom. The molecule has 0 saturated heterocycles. The number of nitrogens with two attached hydrogens (primary N) is 2. The van der Waals surface area contributed by atoms with E-state index in [0.717, 1.165) is 5.71 Å². The van der Waals surface area contributed by atoms with Gasteiger partial charge in [-0.15, -0.1) is 0 Å². The topological polar surface area (TPSA) is 67.6 Å². The molecule has 1 heterocycles. The Balaban J connectivity index is 0. The van der Waals surface area contributed by atoms with Gasteiger partial charge in [-0.1, -0.05) is 13.8 Å². The number of aliphatic imine (C=N–C) groups is 1. The van der Waals surface area contributed by atoms with Crippen LogP contribution in [0.1, 0.15) is 20.8 Å². The maximum Gasteiger partial charge on any atom is 1.00 e. The minimum absolute atomic E-state index is 0. The summed E-state index contributed by atoms with van der Waals surface area (Å²) in [5, 5.41) is 1.31. The van der Waals surface area contributed by atoms with E-state index < -0.39 is 0 Å². The Morgan fingerprint density at radius 2 is 2.00 bits per heavy atom. The van der Waals surface area contributed by atoms with E-state index in [-0.39, 0.29) is 58.2 Å². The maximum atomic E-state index is 5.41. The molecule has 0 atom stereocenters. The van der Waals surface area contributed by atoms with Crippen LogP contribution < -0.4 is 69.8 Å². The number of allylic oxidation sites excluding steroid dienone is 1. The Morgan fingerprint density at radius 1 is 1.46 bits per heavy atom. The van der Waals surface area contributed by atoms with Crippen molar-refractivity contribution in [1.29, 1.82) is 0 Å². The molecule has 13 heavy (non-hydrogen) atoms. The van der Waals surface area contributed by atoms with Crippen molar-refractivity contribution in [1.82, 2.24) is 5.01 Å². The van der Waals surface area contributed by atoms with Gasteiger partial charge in [-0.05, 0) is 18.8 Å². The van der Waals surface area contributed by atoms with Crippen LogP contribution in [0, 0.1) is 6.20 Å². The van der Waals surface area contributed by atoms with Crippen molar-refractivity contribution < 1.29 is 58.2 Å². The zero-order valence-corrected chi connectivity index (χ0v) is 13.6. The predicted octanol–water partition coefficient (Wildman–Crippen LogP) is -2.26. The molecule has 0 unspecified atom stereocenters. The van der Waals surface area contributed by atoms with Gasteiger partial charge in [0.25, 0.3) is 0 Å². The van der Waals surface area contributed by atoms with E-state index in [1.54, 1.807) is 12.3 Å². The van der Waals surface area contributed by atoms with E-state index in [1.165, 1.54) is 5.01 Å². The van der Waals surface area contributed by atoms with E-state index in [0.29, 0.717) is 5.82 Å². The van der Waals surface area contributed by atoms with E-state index in [9.17, 15) is 0 Å². The molecule has 0 aromatic carbocycles. The van der Waals surface area contributed by atoms with E-state index in [4.69, 9.17) is 11.6 Å². The second-order valence-corrected chi connectivity index (χ2v) is 1.94. The van der Waals surface area contributed by atoms with E-state index >= 15 is 0 Å². The maximum absolute atomic E-state index is 5.41. The first-order chi connectivity index (χ1) is 5.74. The molecule has 0 radical (unpaired) electrons. The van der Waals surface area contributed by atoms with Crippen molar-refractivity contribution in [3.63, 3.8) is 0 Å². The second kappa shape index (κ2) is 9.09. The van der Waals surface area contributed by atoms with Crippen molar-refractivity contribution in [2.45, 2.75) is 20.8 Å². The molecule has 0 spiro atoms. The summed E-state index contributed by atoms with van der Waals surface area (Å²) >= 11 is 0. The molecule has 4 N–H and O–H groups in total. The standard InChI is InChI=1S/C6H9N4.C2H6.Rb/c1-5-2-3-10(8)6(4-7)9-5;1-2;/h2-3H,7-8H2,1H3;1-2H3;/q-1;;+1. The summed E-state index contributed by atoms with van der Waals surface area (Å²) in [4.78, 5) is 3.99. The molecular formula is C8H15N4Rb. The molecule has 0 aromatic heterocycles. The molecule has 4 nitrogen and oxygen atoms in total. The number of hydrazine groups is 1. The minimum atomic E-state index is 0. The fraction of sp³-hybridized carbons (Fsp3) is 0.375. The van der Waals surface area contributed by atoms with Gasteiger partial charge in [-0.25, -0.2) is 5.84 Å². The van der Waals surface area contributed by atoms with Crippen LogP contribution in [0.15, 0.2) is 23.1 Å². The van der Waals surface area contributed by atoms with Crippen LogP contribution in [0.2, 0.25) is 0 Å². The van der Waals surface area contributed by atoms with Crippen LogP contribution in [-0.2, 0) is 0 Å². The summed E-state index contributed by atoms with van der Waals surface area (Å²) in [6.07, 6.45) is 5.83.